The second-order valence-corrected chi connectivity index (χ2v) is 4.96. The maximum atomic E-state index is 12.6. The first-order valence-corrected chi connectivity index (χ1v) is 6.74. The van der Waals surface area contributed by atoms with Gasteiger partial charge in [0.25, 0.3) is 0 Å². The molecule has 1 fully saturated rings. The van der Waals surface area contributed by atoms with Gasteiger partial charge in [-0.2, -0.15) is 13.2 Å². The molecule has 0 N–H and O–H groups in total. The topological polar surface area (TPSA) is 21.7 Å². The Kier molecular flexibility index (Phi) is 5.17. The summed E-state index contributed by atoms with van der Waals surface area (Å²) in [6.07, 6.45) is -4.39. The first-order chi connectivity index (χ1) is 9.47. The van der Waals surface area contributed by atoms with E-state index in [2.05, 4.69) is 17.5 Å². The predicted molar refractivity (Wildman–Crippen MR) is 71.5 cm³/mol. The van der Waals surface area contributed by atoms with Crippen molar-refractivity contribution in [3.05, 3.63) is 23.8 Å². The Morgan fingerprint density at radius 1 is 1.25 bits per heavy atom. The van der Waals surface area contributed by atoms with E-state index < -0.39 is 11.7 Å². The van der Waals surface area contributed by atoms with Crippen LogP contribution in [0.3, 0.4) is 0 Å². The van der Waals surface area contributed by atoms with E-state index in [1.54, 1.807) is 0 Å². The van der Waals surface area contributed by atoms with Crippen LogP contribution >= 0.6 is 12.6 Å². The van der Waals surface area contributed by atoms with E-state index in [0.717, 1.165) is 25.7 Å². The van der Waals surface area contributed by atoms with Crippen LogP contribution in [0.1, 0.15) is 5.56 Å². The Morgan fingerprint density at radius 2 is 1.95 bits per heavy atom. The molecule has 0 unspecified atom stereocenters. The van der Waals surface area contributed by atoms with Gasteiger partial charge in [0.1, 0.15) is 12.4 Å². The van der Waals surface area contributed by atoms with Crippen molar-refractivity contribution in [2.45, 2.75) is 11.1 Å². The first-order valence-electron chi connectivity index (χ1n) is 6.30. The molecule has 0 spiro atoms. The van der Waals surface area contributed by atoms with Crippen molar-refractivity contribution in [3.63, 3.8) is 0 Å². The quantitative estimate of drug-likeness (QED) is 0.865. The van der Waals surface area contributed by atoms with Crippen LogP contribution in [-0.2, 0) is 10.9 Å². The summed E-state index contributed by atoms with van der Waals surface area (Å²) >= 11 is 3.86. The van der Waals surface area contributed by atoms with Gasteiger partial charge in [0.15, 0.2) is 0 Å². The average molecular weight is 307 g/mol. The number of morpholine rings is 1. The van der Waals surface area contributed by atoms with Crippen molar-refractivity contribution in [2.75, 3.05) is 39.5 Å². The highest BCUT2D eigenvalue weighted by molar-refractivity contribution is 7.80. The van der Waals surface area contributed by atoms with E-state index in [4.69, 9.17) is 9.47 Å². The van der Waals surface area contributed by atoms with Crippen molar-refractivity contribution in [2.24, 2.45) is 0 Å². The standard InChI is InChI=1S/C13H16F3NO2S/c14-13(15,16)11-2-1-10(9-12(11)20)19-8-5-17-3-6-18-7-4-17/h1-2,9,20H,3-8H2. The smallest absolute Gasteiger partial charge is 0.417 e. The van der Waals surface area contributed by atoms with Crippen LogP contribution in [0, 0.1) is 0 Å². The molecule has 1 heterocycles. The number of hydrogen-bond acceptors (Lipinski definition) is 4. The molecule has 112 valence electrons. The minimum Gasteiger partial charge on any atom is -0.492 e. The summed E-state index contributed by atoms with van der Waals surface area (Å²) in [5.74, 6) is 0.399. The van der Waals surface area contributed by atoms with Crippen molar-refractivity contribution >= 4 is 12.6 Å². The lowest BCUT2D eigenvalue weighted by Crippen LogP contribution is -2.38. The molecule has 0 aromatic heterocycles. The molecule has 20 heavy (non-hydrogen) atoms. The second-order valence-electron chi connectivity index (χ2n) is 4.48. The van der Waals surface area contributed by atoms with Gasteiger partial charge in [0.05, 0.1) is 18.8 Å². The number of halogens is 3. The highest BCUT2D eigenvalue weighted by atomic mass is 32.1. The van der Waals surface area contributed by atoms with Crippen LogP contribution in [-0.4, -0.2) is 44.4 Å². The molecule has 0 radical (unpaired) electrons. The molecule has 1 aromatic carbocycles. The molecule has 0 amide bonds. The van der Waals surface area contributed by atoms with Gasteiger partial charge in [0, 0.05) is 24.5 Å². The largest absolute Gasteiger partial charge is 0.492 e. The third-order valence-corrected chi connectivity index (χ3v) is 3.42. The van der Waals surface area contributed by atoms with Gasteiger partial charge in [-0.1, -0.05) is 0 Å². The molecule has 0 aliphatic carbocycles. The van der Waals surface area contributed by atoms with Crippen LogP contribution < -0.4 is 4.74 Å². The number of nitrogens with zero attached hydrogens (tertiary/aromatic N) is 1. The Balaban J connectivity index is 1.85. The summed E-state index contributed by atoms with van der Waals surface area (Å²) in [5, 5.41) is 0. The van der Waals surface area contributed by atoms with Crippen LogP contribution in [0.25, 0.3) is 0 Å². The lowest BCUT2D eigenvalue weighted by atomic mass is 10.2. The zero-order chi connectivity index (χ0) is 14.6. The highest BCUT2D eigenvalue weighted by Gasteiger charge is 2.32. The number of benzene rings is 1. The number of hydrogen-bond donors (Lipinski definition) is 1. The molecule has 0 bridgehead atoms. The van der Waals surface area contributed by atoms with Gasteiger partial charge in [-0.05, 0) is 18.2 Å². The lowest BCUT2D eigenvalue weighted by molar-refractivity contribution is -0.139. The third-order valence-electron chi connectivity index (χ3n) is 3.05. The van der Waals surface area contributed by atoms with Gasteiger partial charge in [-0.15, -0.1) is 12.6 Å². The fourth-order valence-corrected chi connectivity index (χ4v) is 2.29. The summed E-state index contributed by atoms with van der Waals surface area (Å²) in [6, 6.07) is 3.61. The summed E-state index contributed by atoms with van der Waals surface area (Å²) in [6.45, 7) is 4.29. The highest BCUT2D eigenvalue weighted by Crippen LogP contribution is 2.35. The van der Waals surface area contributed by atoms with E-state index in [9.17, 15) is 13.2 Å². The monoisotopic (exact) mass is 307 g/mol. The van der Waals surface area contributed by atoms with E-state index >= 15 is 0 Å². The van der Waals surface area contributed by atoms with E-state index in [1.165, 1.54) is 12.1 Å². The predicted octanol–water partition coefficient (Wildman–Crippen LogP) is 2.71. The van der Waals surface area contributed by atoms with Crippen LogP contribution in [0.5, 0.6) is 5.75 Å². The molecular weight excluding hydrogens is 291 g/mol. The number of rotatable bonds is 4. The third kappa shape index (κ3) is 4.29. The van der Waals surface area contributed by atoms with E-state index in [1.807, 2.05) is 0 Å². The summed E-state index contributed by atoms with van der Waals surface area (Å²) in [4.78, 5) is 2.07. The molecule has 1 aromatic rings. The summed E-state index contributed by atoms with van der Waals surface area (Å²) in [7, 11) is 0. The van der Waals surface area contributed by atoms with Crippen molar-refractivity contribution in [1.82, 2.24) is 4.90 Å². The minimum atomic E-state index is -4.39. The maximum absolute atomic E-state index is 12.6. The van der Waals surface area contributed by atoms with Gasteiger partial charge < -0.3 is 9.47 Å². The molecule has 7 heteroatoms. The van der Waals surface area contributed by atoms with Gasteiger partial charge in [-0.25, -0.2) is 0 Å². The van der Waals surface area contributed by atoms with Crippen molar-refractivity contribution in [1.29, 1.82) is 0 Å². The Bertz CT molecular complexity index is 448. The molecular formula is C13H16F3NO2S. The first kappa shape index (κ1) is 15.5. The molecule has 0 atom stereocenters. The van der Waals surface area contributed by atoms with Crippen LogP contribution in [0.2, 0.25) is 0 Å². The molecule has 2 rings (SSSR count). The minimum absolute atomic E-state index is 0.124. The molecule has 0 saturated carbocycles. The fraction of sp³-hybridized carbons (Fsp3) is 0.538. The summed E-state index contributed by atoms with van der Waals surface area (Å²) in [5.41, 5.74) is -0.749. The number of thiol groups is 1. The Labute approximate surface area is 121 Å². The average Bonchev–Trinajstić information content (AvgIpc) is 2.38. The van der Waals surface area contributed by atoms with Crippen molar-refractivity contribution < 1.29 is 22.6 Å². The SMILES string of the molecule is FC(F)(F)c1ccc(OCCN2CCOCC2)cc1S. The Morgan fingerprint density at radius 3 is 2.55 bits per heavy atom. The van der Waals surface area contributed by atoms with Gasteiger partial charge >= 0.3 is 6.18 Å². The van der Waals surface area contributed by atoms with E-state index in [0.29, 0.717) is 25.6 Å². The van der Waals surface area contributed by atoms with Crippen molar-refractivity contribution in [3.8, 4) is 5.75 Å². The van der Waals surface area contributed by atoms with Crippen LogP contribution in [0.4, 0.5) is 13.2 Å². The molecule has 1 aliphatic rings. The normalized spacial score (nSPS) is 17.2. The fourth-order valence-electron chi connectivity index (χ4n) is 1.96. The zero-order valence-corrected chi connectivity index (χ0v) is 11.7. The Hall–Kier alpha value is -0.920. The van der Waals surface area contributed by atoms with E-state index in [-0.39, 0.29) is 4.90 Å². The molecule has 1 saturated heterocycles. The van der Waals surface area contributed by atoms with Gasteiger partial charge in [-0.3, -0.25) is 4.90 Å². The molecule has 1 aliphatic heterocycles. The number of alkyl halides is 3. The maximum Gasteiger partial charge on any atom is 0.417 e. The second kappa shape index (κ2) is 6.69. The lowest BCUT2D eigenvalue weighted by Gasteiger charge is -2.26. The summed E-state index contributed by atoms with van der Waals surface area (Å²) < 4.78 is 48.4. The molecule has 3 nitrogen and oxygen atoms in total. The van der Waals surface area contributed by atoms with Gasteiger partial charge in [0.2, 0.25) is 0 Å². The zero-order valence-electron chi connectivity index (χ0n) is 10.8. The van der Waals surface area contributed by atoms with Crippen LogP contribution in [0.15, 0.2) is 23.1 Å². The number of ether oxygens (including phenoxy) is 2.